The van der Waals surface area contributed by atoms with Crippen LogP contribution in [0.3, 0.4) is 0 Å². The molecular weight excluding hydrogens is 270 g/mol. The van der Waals surface area contributed by atoms with Crippen molar-refractivity contribution in [1.82, 2.24) is 9.66 Å². The number of carbonyl (C=O) groups is 1. The van der Waals surface area contributed by atoms with Crippen LogP contribution in [0.4, 0.5) is 0 Å². The maximum atomic E-state index is 12.3. The quantitative estimate of drug-likeness (QED) is 0.693. The van der Waals surface area contributed by atoms with Crippen LogP contribution < -0.4 is 11.4 Å². The number of hydrogen-bond acceptors (Lipinski definition) is 4. The second-order valence-electron chi connectivity index (χ2n) is 4.51. The van der Waals surface area contributed by atoms with E-state index in [-0.39, 0.29) is 16.8 Å². The first kappa shape index (κ1) is 12.9. The first-order valence-corrected chi connectivity index (χ1v) is 6.18. The van der Waals surface area contributed by atoms with Crippen LogP contribution in [0.1, 0.15) is 10.4 Å². The molecule has 0 fully saturated rings. The molecule has 0 saturated carbocycles. The van der Waals surface area contributed by atoms with Gasteiger partial charge in [0.15, 0.2) is 5.82 Å². The summed E-state index contributed by atoms with van der Waals surface area (Å²) in [5.74, 6) is 5.02. The summed E-state index contributed by atoms with van der Waals surface area (Å²) < 4.78 is 0.970. The number of rotatable bonds is 2. The molecule has 3 aromatic rings. The molecule has 6 nitrogen and oxygen atoms in total. The van der Waals surface area contributed by atoms with Gasteiger partial charge in [-0.25, -0.2) is 14.5 Å². The molecule has 0 spiro atoms. The van der Waals surface area contributed by atoms with Crippen molar-refractivity contribution in [3.8, 4) is 11.4 Å². The van der Waals surface area contributed by atoms with Gasteiger partial charge in [-0.05, 0) is 18.2 Å². The predicted octanol–water partition coefficient (Wildman–Crippen LogP) is 1.48. The lowest BCUT2D eigenvalue weighted by Crippen LogP contribution is -2.30. The largest absolute Gasteiger partial charge is 0.478 e. The average molecular weight is 281 g/mol. The van der Waals surface area contributed by atoms with Crippen molar-refractivity contribution in [2.24, 2.45) is 0 Å². The standard InChI is InChI=1S/C15H11N3O3/c16-18-13(9-4-2-1-3-5-9)17-12-8-10(15(20)21)6-7-11(12)14(18)19/h1-8H,16H2,(H,20,21). The lowest BCUT2D eigenvalue weighted by molar-refractivity contribution is 0.0697. The van der Waals surface area contributed by atoms with Crippen molar-refractivity contribution in [3.05, 3.63) is 64.4 Å². The van der Waals surface area contributed by atoms with Gasteiger partial charge in [0, 0.05) is 5.56 Å². The third-order valence-electron chi connectivity index (χ3n) is 3.18. The number of aromatic nitrogens is 2. The molecule has 104 valence electrons. The Balaban J connectivity index is 2.34. The number of benzene rings is 2. The van der Waals surface area contributed by atoms with Crippen molar-refractivity contribution in [1.29, 1.82) is 0 Å². The van der Waals surface area contributed by atoms with E-state index in [1.54, 1.807) is 24.3 Å². The predicted molar refractivity (Wildman–Crippen MR) is 78.5 cm³/mol. The topological polar surface area (TPSA) is 98.2 Å². The minimum Gasteiger partial charge on any atom is -0.478 e. The van der Waals surface area contributed by atoms with Gasteiger partial charge in [-0.15, -0.1) is 0 Å². The molecule has 0 aliphatic carbocycles. The molecule has 1 heterocycles. The van der Waals surface area contributed by atoms with E-state index in [4.69, 9.17) is 10.9 Å². The van der Waals surface area contributed by atoms with Crippen molar-refractivity contribution in [2.45, 2.75) is 0 Å². The summed E-state index contributed by atoms with van der Waals surface area (Å²) in [6, 6.07) is 13.1. The number of carboxylic acid groups (broad SMARTS) is 1. The van der Waals surface area contributed by atoms with Crippen LogP contribution in [0, 0.1) is 0 Å². The smallest absolute Gasteiger partial charge is 0.335 e. The summed E-state index contributed by atoms with van der Waals surface area (Å²) in [5, 5.41) is 9.30. The van der Waals surface area contributed by atoms with E-state index in [1.165, 1.54) is 18.2 Å². The summed E-state index contributed by atoms with van der Waals surface area (Å²) >= 11 is 0. The molecule has 0 atom stereocenters. The van der Waals surface area contributed by atoms with Gasteiger partial charge in [0.2, 0.25) is 0 Å². The molecule has 1 aromatic heterocycles. The summed E-state index contributed by atoms with van der Waals surface area (Å²) in [7, 11) is 0. The Labute approximate surface area is 119 Å². The molecule has 0 aliphatic rings. The third kappa shape index (κ3) is 2.12. The Kier molecular flexibility index (Phi) is 2.91. The first-order valence-electron chi connectivity index (χ1n) is 6.18. The molecule has 6 heteroatoms. The number of nitrogens with zero attached hydrogens (tertiary/aromatic N) is 2. The molecule has 2 aromatic carbocycles. The molecule has 3 rings (SSSR count). The maximum Gasteiger partial charge on any atom is 0.335 e. The van der Waals surface area contributed by atoms with Gasteiger partial charge >= 0.3 is 5.97 Å². The Morgan fingerprint density at radius 1 is 1.14 bits per heavy atom. The highest BCUT2D eigenvalue weighted by Crippen LogP contribution is 2.18. The Bertz CT molecular complexity index is 901. The number of fused-ring (bicyclic) bond motifs is 1. The van der Waals surface area contributed by atoms with E-state index in [1.807, 2.05) is 6.07 Å². The van der Waals surface area contributed by atoms with Crippen LogP contribution in [-0.4, -0.2) is 20.7 Å². The molecular formula is C15H11N3O3. The highest BCUT2D eigenvalue weighted by molar-refractivity contribution is 5.93. The summed E-state index contributed by atoms with van der Waals surface area (Å²) in [6.07, 6.45) is 0. The van der Waals surface area contributed by atoms with Crippen molar-refractivity contribution < 1.29 is 9.90 Å². The van der Waals surface area contributed by atoms with Gasteiger partial charge < -0.3 is 10.9 Å². The van der Waals surface area contributed by atoms with E-state index in [0.717, 1.165) is 4.68 Å². The molecule has 0 aliphatic heterocycles. The Morgan fingerprint density at radius 2 is 1.86 bits per heavy atom. The molecule has 0 radical (unpaired) electrons. The molecule has 21 heavy (non-hydrogen) atoms. The number of aromatic carboxylic acids is 1. The van der Waals surface area contributed by atoms with Crippen LogP contribution in [0.15, 0.2) is 53.3 Å². The first-order chi connectivity index (χ1) is 10.1. The zero-order valence-electron chi connectivity index (χ0n) is 10.9. The van der Waals surface area contributed by atoms with Crippen LogP contribution in [0.25, 0.3) is 22.3 Å². The van der Waals surface area contributed by atoms with E-state index in [9.17, 15) is 9.59 Å². The number of nitrogen functional groups attached to an aromatic ring is 1. The number of hydrogen-bond donors (Lipinski definition) is 2. The molecule has 0 bridgehead atoms. The summed E-state index contributed by atoms with van der Waals surface area (Å²) in [5.41, 5.74) is 0.638. The molecule has 0 saturated heterocycles. The fraction of sp³-hybridized carbons (Fsp3) is 0. The van der Waals surface area contributed by atoms with Gasteiger partial charge in [0.25, 0.3) is 5.56 Å². The summed E-state index contributed by atoms with van der Waals surface area (Å²) in [6.45, 7) is 0. The summed E-state index contributed by atoms with van der Waals surface area (Å²) in [4.78, 5) is 27.6. The van der Waals surface area contributed by atoms with Gasteiger partial charge in [0.05, 0.1) is 16.5 Å². The Morgan fingerprint density at radius 3 is 2.52 bits per heavy atom. The number of nitrogens with two attached hydrogens (primary N) is 1. The monoisotopic (exact) mass is 281 g/mol. The van der Waals surface area contributed by atoms with Crippen molar-refractivity contribution in [3.63, 3.8) is 0 Å². The second-order valence-corrected chi connectivity index (χ2v) is 4.51. The molecule has 0 unspecified atom stereocenters. The van der Waals surface area contributed by atoms with Gasteiger partial charge in [-0.1, -0.05) is 30.3 Å². The maximum absolute atomic E-state index is 12.3. The minimum atomic E-state index is -1.07. The van der Waals surface area contributed by atoms with E-state index in [0.29, 0.717) is 11.1 Å². The van der Waals surface area contributed by atoms with Gasteiger partial charge in [0.1, 0.15) is 0 Å². The van der Waals surface area contributed by atoms with Crippen LogP contribution in [0.2, 0.25) is 0 Å². The van der Waals surface area contributed by atoms with E-state index in [2.05, 4.69) is 4.98 Å². The molecule has 0 amide bonds. The fourth-order valence-corrected chi connectivity index (χ4v) is 2.12. The second kappa shape index (κ2) is 4.75. The average Bonchev–Trinajstić information content (AvgIpc) is 2.51. The normalized spacial score (nSPS) is 10.7. The van der Waals surface area contributed by atoms with Crippen molar-refractivity contribution in [2.75, 3.05) is 5.84 Å². The number of carboxylic acids is 1. The lowest BCUT2D eigenvalue weighted by Gasteiger charge is -2.09. The van der Waals surface area contributed by atoms with Gasteiger partial charge in [-0.3, -0.25) is 4.79 Å². The minimum absolute atomic E-state index is 0.0724. The lowest BCUT2D eigenvalue weighted by atomic mass is 10.1. The van der Waals surface area contributed by atoms with Crippen LogP contribution in [0.5, 0.6) is 0 Å². The van der Waals surface area contributed by atoms with Crippen LogP contribution in [-0.2, 0) is 0 Å². The van der Waals surface area contributed by atoms with Crippen molar-refractivity contribution >= 4 is 16.9 Å². The van der Waals surface area contributed by atoms with Crippen LogP contribution >= 0.6 is 0 Å². The molecule has 3 N–H and O–H groups in total. The zero-order valence-corrected chi connectivity index (χ0v) is 10.9. The fourth-order valence-electron chi connectivity index (χ4n) is 2.12. The van der Waals surface area contributed by atoms with E-state index >= 15 is 0 Å². The SMILES string of the molecule is Nn1c(-c2ccccc2)nc2cc(C(=O)O)ccc2c1=O. The highest BCUT2D eigenvalue weighted by atomic mass is 16.4. The Hall–Kier alpha value is -3.15. The van der Waals surface area contributed by atoms with Gasteiger partial charge in [-0.2, -0.15) is 0 Å². The highest BCUT2D eigenvalue weighted by Gasteiger charge is 2.12. The van der Waals surface area contributed by atoms with E-state index < -0.39 is 11.5 Å². The zero-order chi connectivity index (χ0) is 15.0. The third-order valence-corrected chi connectivity index (χ3v) is 3.18.